The zero-order chi connectivity index (χ0) is 20.7. The Morgan fingerprint density at radius 1 is 0.931 bits per heavy atom. The van der Waals surface area contributed by atoms with E-state index in [4.69, 9.17) is 15.9 Å². The van der Waals surface area contributed by atoms with E-state index in [1.807, 2.05) is 12.1 Å². The van der Waals surface area contributed by atoms with Crippen molar-refractivity contribution in [1.82, 2.24) is 0 Å². The second kappa shape index (κ2) is 9.15. The lowest BCUT2D eigenvalue weighted by Crippen LogP contribution is -2.30. The molecule has 0 bridgehead atoms. The lowest BCUT2D eigenvalue weighted by atomic mass is 9.65. The third-order valence-electron chi connectivity index (χ3n) is 5.67. The molecule has 1 saturated carbocycles. The smallest absolute Gasteiger partial charge is 0.174 e. The molecule has 0 unspecified atom stereocenters. The largest absolute Gasteiger partial charge is 0.453 e. The second-order valence-corrected chi connectivity index (χ2v) is 7.13. The highest BCUT2D eigenvalue weighted by Crippen LogP contribution is 2.46. The van der Waals surface area contributed by atoms with Crippen molar-refractivity contribution in [2.75, 3.05) is 0 Å². The van der Waals surface area contributed by atoms with Gasteiger partial charge in [0.1, 0.15) is 17.6 Å². The van der Waals surface area contributed by atoms with Gasteiger partial charge in [-0.1, -0.05) is 63.1 Å². The molecule has 0 atom stereocenters. The molecule has 29 heavy (non-hydrogen) atoms. The molecule has 3 rings (SSSR count). The third kappa shape index (κ3) is 4.04. The molecule has 2 aromatic rings. The number of hydrogen-bond acceptors (Lipinski definition) is 3. The van der Waals surface area contributed by atoms with Crippen molar-refractivity contribution >= 4 is 18.1 Å². The summed E-state index contributed by atoms with van der Waals surface area (Å²) in [6.45, 7) is 7.81. The fourth-order valence-corrected chi connectivity index (χ4v) is 4.26. The molecular formula is C26H24O3. The van der Waals surface area contributed by atoms with E-state index >= 15 is 0 Å². The van der Waals surface area contributed by atoms with Crippen molar-refractivity contribution in [3.8, 4) is 24.0 Å². The Morgan fingerprint density at radius 2 is 1.52 bits per heavy atom. The molecule has 1 aliphatic carbocycles. The summed E-state index contributed by atoms with van der Waals surface area (Å²) in [4.78, 5) is 10.5. The molecule has 0 radical (unpaired) electrons. The molecule has 0 aromatic heterocycles. The fraction of sp³-hybridized carbons (Fsp3) is 0.231. The van der Waals surface area contributed by atoms with Gasteiger partial charge >= 0.3 is 0 Å². The summed E-state index contributed by atoms with van der Waals surface area (Å²) in [5, 5.41) is 0. The highest BCUT2D eigenvalue weighted by Gasteiger charge is 2.36. The van der Waals surface area contributed by atoms with Gasteiger partial charge in [0.25, 0.3) is 0 Å². The molecule has 146 valence electrons. The van der Waals surface area contributed by atoms with Crippen LogP contribution in [0.5, 0.6) is 11.5 Å². The normalized spacial score (nSPS) is 14.7. The first-order chi connectivity index (χ1) is 14.2. The van der Waals surface area contributed by atoms with E-state index in [9.17, 15) is 4.79 Å². The van der Waals surface area contributed by atoms with E-state index in [1.54, 1.807) is 18.1 Å². The van der Waals surface area contributed by atoms with Gasteiger partial charge in [0.2, 0.25) is 0 Å². The Hall–Kier alpha value is -3.47. The first-order valence-electron chi connectivity index (χ1n) is 9.71. The van der Waals surface area contributed by atoms with Crippen LogP contribution in [0.4, 0.5) is 0 Å². The fourth-order valence-electron chi connectivity index (χ4n) is 4.26. The van der Waals surface area contributed by atoms with Crippen molar-refractivity contribution in [2.45, 2.75) is 37.5 Å². The molecular weight excluding hydrogens is 360 g/mol. The van der Waals surface area contributed by atoms with Gasteiger partial charge in [-0.3, -0.25) is 0 Å². The van der Waals surface area contributed by atoms with Crippen LogP contribution in [0, 0.1) is 12.5 Å². The lowest BCUT2D eigenvalue weighted by Gasteiger charge is -2.39. The van der Waals surface area contributed by atoms with Gasteiger partial charge in [-0.25, -0.2) is 4.79 Å². The molecule has 0 amide bonds. The molecule has 2 aromatic carbocycles. The molecule has 0 aliphatic heterocycles. The molecule has 0 heterocycles. The van der Waals surface area contributed by atoms with Crippen LogP contribution in [0.25, 0.3) is 12.2 Å². The predicted octanol–water partition coefficient (Wildman–Crippen LogP) is 5.92. The molecule has 3 heteroatoms. The molecule has 3 nitrogen and oxygen atoms in total. The Morgan fingerprint density at radius 3 is 2.07 bits per heavy atom. The van der Waals surface area contributed by atoms with Crippen LogP contribution in [-0.2, 0) is 10.2 Å². The number of carbonyl (C=O) groups excluding carboxylic acids is 1. The molecule has 0 spiro atoms. The van der Waals surface area contributed by atoms with Crippen molar-refractivity contribution < 1.29 is 14.3 Å². The van der Waals surface area contributed by atoms with E-state index in [2.05, 4.69) is 43.5 Å². The molecule has 0 N–H and O–H groups in total. The minimum atomic E-state index is -0.124. The van der Waals surface area contributed by atoms with Crippen LogP contribution in [0.15, 0.2) is 55.8 Å². The Balaban J connectivity index is 2.13. The summed E-state index contributed by atoms with van der Waals surface area (Å²) in [5.74, 6) is 2.86. The number of ether oxygens (including phenoxy) is 2. The minimum Gasteiger partial charge on any atom is -0.453 e. The first kappa shape index (κ1) is 20.3. The average Bonchev–Trinajstić information content (AvgIpc) is 2.78. The van der Waals surface area contributed by atoms with Crippen molar-refractivity contribution in [1.29, 1.82) is 0 Å². The van der Waals surface area contributed by atoms with Gasteiger partial charge in [0, 0.05) is 16.5 Å². The Bertz CT molecular complexity index is 997. The Labute approximate surface area is 172 Å². The first-order valence-corrected chi connectivity index (χ1v) is 9.71. The lowest BCUT2D eigenvalue weighted by molar-refractivity contribution is 0.345. The predicted molar refractivity (Wildman–Crippen MR) is 117 cm³/mol. The summed E-state index contributed by atoms with van der Waals surface area (Å²) in [5.41, 5.74) is 4.02. The zero-order valence-electron chi connectivity index (χ0n) is 16.4. The van der Waals surface area contributed by atoms with Crippen LogP contribution in [0.3, 0.4) is 0 Å². The third-order valence-corrected chi connectivity index (χ3v) is 5.67. The van der Waals surface area contributed by atoms with Crippen molar-refractivity contribution in [3.63, 3.8) is 0 Å². The molecule has 1 aliphatic rings. The van der Waals surface area contributed by atoms with Gasteiger partial charge in [-0.05, 0) is 48.2 Å². The standard InChI is InChI=1S/C26H24O3/c1-4-20-18-22(10-12-24(20)28-6-3)26(14-8-7-9-15-26)23-11-13-25(29-17-16-27)21(5-2)19-23/h3-5,10-13,17-19H,1-2,7-9,14-15H2. The van der Waals surface area contributed by atoms with Crippen molar-refractivity contribution in [3.05, 3.63) is 78.1 Å². The zero-order valence-corrected chi connectivity index (χ0v) is 16.4. The number of rotatable bonds is 7. The van der Waals surface area contributed by atoms with Gasteiger partial charge < -0.3 is 9.47 Å². The van der Waals surface area contributed by atoms with Gasteiger partial charge in [0.15, 0.2) is 12.2 Å². The molecule has 0 saturated heterocycles. The Kier molecular flexibility index (Phi) is 6.39. The van der Waals surface area contributed by atoms with E-state index in [-0.39, 0.29) is 5.41 Å². The number of terminal acetylenes is 1. The summed E-state index contributed by atoms with van der Waals surface area (Å²) >= 11 is 0. The van der Waals surface area contributed by atoms with E-state index in [1.165, 1.54) is 17.5 Å². The summed E-state index contributed by atoms with van der Waals surface area (Å²) in [6.07, 6.45) is 17.7. The highest BCUT2D eigenvalue weighted by molar-refractivity contribution is 5.62. The highest BCUT2D eigenvalue weighted by atomic mass is 16.5. The van der Waals surface area contributed by atoms with Crippen LogP contribution in [-0.4, -0.2) is 5.94 Å². The maximum Gasteiger partial charge on any atom is 0.174 e. The molecule has 1 fully saturated rings. The maximum atomic E-state index is 10.5. The van der Waals surface area contributed by atoms with E-state index in [0.717, 1.165) is 43.1 Å². The summed E-state index contributed by atoms with van der Waals surface area (Å²) in [7, 11) is 0. The second-order valence-electron chi connectivity index (χ2n) is 7.13. The van der Waals surface area contributed by atoms with Gasteiger partial charge in [-0.15, -0.1) is 0 Å². The van der Waals surface area contributed by atoms with Crippen LogP contribution < -0.4 is 9.47 Å². The van der Waals surface area contributed by atoms with Gasteiger partial charge in [0.05, 0.1) is 0 Å². The summed E-state index contributed by atoms with van der Waals surface area (Å²) in [6, 6.07) is 12.2. The van der Waals surface area contributed by atoms with Crippen LogP contribution in [0.2, 0.25) is 0 Å². The van der Waals surface area contributed by atoms with E-state index < -0.39 is 0 Å². The average molecular weight is 384 g/mol. The van der Waals surface area contributed by atoms with Gasteiger partial charge in [-0.2, -0.15) is 0 Å². The quantitative estimate of drug-likeness (QED) is 0.338. The monoisotopic (exact) mass is 384 g/mol. The summed E-state index contributed by atoms with van der Waals surface area (Å²) < 4.78 is 10.7. The number of benzene rings is 2. The maximum absolute atomic E-state index is 10.5. The van der Waals surface area contributed by atoms with E-state index in [0.29, 0.717) is 11.5 Å². The topological polar surface area (TPSA) is 35.5 Å². The SMILES string of the molecule is C#COc1ccc(C2(c3ccc(OC=C=O)c(C=C)c3)CCCCC2)cc1C=C. The van der Waals surface area contributed by atoms with Crippen LogP contribution in [0.1, 0.15) is 54.4 Å². The minimum absolute atomic E-state index is 0.124. The van der Waals surface area contributed by atoms with Crippen molar-refractivity contribution in [2.24, 2.45) is 0 Å². The van der Waals surface area contributed by atoms with Crippen LogP contribution >= 0.6 is 0 Å². The number of hydrogen-bond donors (Lipinski definition) is 0.